The summed E-state index contributed by atoms with van der Waals surface area (Å²) in [6.45, 7) is 0. The van der Waals surface area contributed by atoms with Crippen LogP contribution in [0.1, 0.15) is 52.0 Å². The molecule has 2 atom stereocenters. The van der Waals surface area contributed by atoms with Gasteiger partial charge in [-0.25, -0.2) is 4.79 Å². The van der Waals surface area contributed by atoms with Gasteiger partial charge in [-0.3, -0.25) is 4.79 Å². The van der Waals surface area contributed by atoms with Crippen molar-refractivity contribution in [3.63, 3.8) is 0 Å². The number of para-hydroxylation sites is 1. The lowest BCUT2D eigenvalue weighted by atomic mass is 9.12. The summed E-state index contributed by atoms with van der Waals surface area (Å²) in [6.07, 6.45) is 5.67. The van der Waals surface area contributed by atoms with Gasteiger partial charge in [0.2, 0.25) is 0 Å². The smallest absolute Gasteiger partial charge is 0.339 e. The highest BCUT2D eigenvalue weighted by molar-refractivity contribution is 6.05. The van der Waals surface area contributed by atoms with Gasteiger partial charge in [-0.15, -0.1) is 0 Å². The van der Waals surface area contributed by atoms with Gasteiger partial charge < -0.3 is 15.4 Å². The van der Waals surface area contributed by atoms with Gasteiger partial charge in [-0.05, 0) is 96.9 Å². The number of nitrogens with one attached hydrogen (secondary N) is 2. The summed E-state index contributed by atoms with van der Waals surface area (Å²) in [5.41, 5.74) is 5.72. The number of esters is 1. The molecule has 2 N–H and O–H groups in total. The van der Waals surface area contributed by atoms with E-state index in [0.29, 0.717) is 27.6 Å². The Morgan fingerprint density at radius 1 is 0.857 bits per heavy atom. The van der Waals surface area contributed by atoms with Crippen molar-refractivity contribution < 1.29 is 14.3 Å². The molecular weight excluding hydrogens is 436 g/mol. The van der Waals surface area contributed by atoms with Crippen LogP contribution >= 0.6 is 0 Å². The average Bonchev–Trinajstić information content (AvgIpc) is 2.83. The van der Waals surface area contributed by atoms with Gasteiger partial charge in [0, 0.05) is 22.4 Å². The molecule has 0 aromatic heterocycles. The van der Waals surface area contributed by atoms with Crippen LogP contribution in [0.3, 0.4) is 0 Å². The maximum absolute atomic E-state index is 13.0. The highest BCUT2D eigenvalue weighted by Gasteiger charge is 2.87. The number of hydrogen-bond acceptors (Lipinski definition) is 4. The zero-order chi connectivity index (χ0) is 23.8. The van der Waals surface area contributed by atoms with E-state index in [1.165, 1.54) is 38.4 Å². The van der Waals surface area contributed by atoms with E-state index >= 15 is 0 Å². The van der Waals surface area contributed by atoms with E-state index in [1.54, 1.807) is 24.3 Å². The molecule has 0 bridgehead atoms. The number of anilines is 3. The van der Waals surface area contributed by atoms with Gasteiger partial charge in [-0.2, -0.15) is 0 Å². The highest BCUT2D eigenvalue weighted by Crippen LogP contribution is 2.92. The first-order chi connectivity index (χ1) is 17.0. The minimum Gasteiger partial charge on any atom is -0.465 e. The molecule has 5 heteroatoms. The van der Waals surface area contributed by atoms with Crippen LogP contribution in [0.25, 0.3) is 0 Å². The first kappa shape index (κ1) is 20.7. The van der Waals surface area contributed by atoms with Crippen LogP contribution in [0, 0.1) is 23.2 Å². The van der Waals surface area contributed by atoms with E-state index in [9.17, 15) is 9.59 Å². The Morgan fingerprint density at radius 2 is 1.60 bits per heavy atom. The number of amides is 1. The maximum Gasteiger partial charge on any atom is 0.339 e. The summed E-state index contributed by atoms with van der Waals surface area (Å²) in [5.74, 6) is 2.38. The topological polar surface area (TPSA) is 67.4 Å². The van der Waals surface area contributed by atoms with Gasteiger partial charge in [0.15, 0.2) is 0 Å². The quantitative estimate of drug-likeness (QED) is 0.429. The molecule has 4 fully saturated rings. The minimum absolute atomic E-state index is 0.162. The second-order valence-corrected chi connectivity index (χ2v) is 10.8. The Morgan fingerprint density at radius 3 is 2.29 bits per heavy atom. The summed E-state index contributed by atoms with van der Waals surface area (Å²) in [5, 5.41) is 6.27. The molecule has 4 aliphatic rings. The summed E-state index contributed by atoms with van der Waals surface area (Å²) in [4.78, 5) is 25.1. The summed E-state index contributed by atoms with van der Waals surface area (Å²) in [6, 6.07) is 23.0. The van der Waals surface area contributed by atoms with Crippen molar-refractivity contribution in [1.82, 2.24) is 0 Å². The zero-order valence-corrected chi connectivity index (χ0v) is 19.7. The lowest BCUT2D eigenvalue weighted by Crippen LogP contribution is -2.87. The third-order valence-corrected chi connectivity index (χ3v) is 9.61. The van der Waals surface area contributed by atoms with Crippen LogP contribution in [0.2, 0.25) is 0 Å². The van der Waals surface area contributed by atoms with E-state index in [4.69, 9.17) is 4.74 Å². The van der Waals surface area contributed by atoms with Crippen molar-refractivity contribution in [2.45, 2.75) is 31.1 Å². The monoisotopic (exact) mass is 464 g/mol. The van der Waals surface area contributed by atoms with Crippen molar-refractivity contribution in [3.8, 4) is 0 Å². The van der Waals surface area contributed by atoms with Gasteiger partial charge in [-0.1, -0.05) is 30.3 Å². The van der Waals surface area contributed by atoms with Crippen molar-refractivity contribution in [2.24, 2.45) is 23.2 Å². The SMILES string of the molecule is COC(=O)c1ccccc1Nc1cccc(C(=O)Nc2ccc(C34CC5CC6CC(C3)C654)cc2)c1. The molecule has 176 valence electrons. The second kappa shape index (κ2) is 7.20. The normalized spacial score (nSPS) is 30.7. The predicted molar refractivity (Wildman–Crippen MR) is 135 cm³/mol. The van der Waals surface area contributed by atoms with E-state index in [1.807, 2.05) is 24.3 Å². The minimum atomic E-state index is -0.412. The number of rotatable bonds is 6. The van der Waals surface area contributed by atoms with Gasteiger partial charge in [0.05, 0.1) is 18.4 Å². The number of ether oxygens (including phenoxy) is 1. The van der Waals surface area contributed by atoms with Crippen LogP contribution < -0.4 is 10.6 Å². The Labute approximate surface area is 204 Å². The Balaban J connectivity index is 1.05. The molecular formula is C30H28N2O3. The zero-order valence-electron chi connectivity index (χ0n) is 19.7. The van der Waals surface area contributed by atoms with Crippen molar-refractivity contribution >= 4 is 28.9 Å². The molecule has 2 unspecified atom stereocenters. The fourth-order valence-electron chi connectivity index (χ4n) is 8.27. The lowest BCUT2D eigenvalue weighted by molar-refractivity contribution is -0.395. The Bertz CT molecular complexity index is 1340. The largest absolute Gasteiger partial charge is 0.465 e. The molecule has 0 heterocycles. The lowest BCUT2D eigenvalue weighted by Gasteiger charge is -2.91. The molecule has 0 saturated heterocycles. The maximum atomic E-state index is 13.0. The highest BCUT2D eigenvalue weighted by atomic mass is 16.5. The van der Waals surface area contributed by atoms with Gasteiger partial charge >= 0.3 is 5.97 Å². The van der Waals surface area contributed by atoms with E-state index < -0.39 is 5.97 Å². The standard InChI is InChI=1S/C30H28N2O3/c1-35-28(34)25-7-2-3-8-26(25)31-24-6-4-5-18(13-24)27(33)32-23-11-9-19(10-12-23)29-16-21-14-20-15-22(17-29)30(20,21)29/h2-13,20-22,31H,14-17H2,1H3,(H,32,33). The Kier molecular flexibility index (Phi) is 4.27. The number of methoxy groups -OCH3 is 1. The summed E-state index contributed by atoms with van der Waals surface area (Å²) >= 11 is 0. The molecule has 4 saturated carbocycles. The Hall–Kier alpha value is -3.60. The fourth-order valence-corrected chi connectivity index (χ4v) is 8.27. The van der Waals surface area contributed by atoms with E-state index in [-0.39, 0.29) is 5.91 Å². The van der Waals surface area contributed by atoms with Crippen molar-refractivity contribution in [2.75, 3.05) is 17.7 Å². The van der Waals surface area contributed by atoms with Crippen LogP contribution in [0.15, 0.2) is 72.8 Å². The summed E-state index contributed by atoms with van der Waals surface area (Å²) < 4.78 is 4.87. The third kappa shape index (κ3) is 2.64. The summed E-state index contributed by atoms with van der Waals surface area (Å²) in [7, 11) is 1.36. The first-order valence-corrected chi connectivity index (χ1v) is 12.5. The van der Waals surface area contributed by atoms with Crippen LogP contribution in [-0.4, -0.2) is 19.0 Å². The molecule has 4 aliphatic carbocycles. The van der Waals surface area contributed by atoms with Crippen LogP contribution in [-0.2, 0) is 10.2 Å². The van der Waals surface area contributed by atoms with Crippen molar-refractivity contribution in [1.29, 1.82) is 0 Å². The molecule has 7 rings (SSSR count). The van der Waals surface area contributed by atoms with Gasteiger partial charge in [0.1, 0.15) is 0 Å². The number of hydrogen-bond donors (Lipinski definition) is 2. The number of carbonyl (C=O) groups excluding carboxylic acids is 2. The predicted octanol–water partition coefficient (Wildman–Crippen LogP) is 6.16. The first-order valence-electron chi connectivity index (χ1n) is 12.5. The molecule has 35 heavy (non-hydrogen) atoms. The van der Waals surface area contributed by atoms with E-state index in [0.717, 1.165) is 29.1 Å². The molecule has 1 spiro atoms. The molecule has 3 aromatic carbocycles. The molecule has 0 radical (unpaired) electrons. The molecule has 0 aliphatic heterocycles. The number of carbonyl (C=O) groups is 2. The van der Waals surface area contributed by atoms with E-state index in [2.05, 4.69) is 34.9 Å². The van der Waals surface area contributed by atoms with Crippen molar-refractivity contribution in [3.05, 3.63) is 89.5 Å². The molecule has 3 aromatic rings. The fraction of sp³-hybridized carbons (Fsp3) is 0.333. The van der Waals surface area contributed by atoms with Crippen LogP contribution in [0.5, 0.6) is 0 Å². The van der Waals surface area contributed by atoms with Crippen LogP contribution in [0.4, 0.5) is 17.1 Å². The third-order valence-electron chi connectivity index (χ3n) is 9.61. The molecule has 1 amide bonds. The molecule has 5 nitrogen and oxygen atoms in total. The average molecular weight is 465 g/mol. The number of benzene rings is 3. The van der Waals surface area contributed by atoms with Gasteiger partial charge in [0.25, 0.3) is 5.91 Å². The second-order valence-electron chi connectivity index (χ2n) is 10.8.